The van der Waals surface area contributed by atoms with Crippen molar-refractivity contribution in [3.8, 4) is 11.5 Å². The number of methoxy groups -OCH3 is 2. The molecule has 6 nitrogen and oxygen atoms in total. The van der Waals surface area contributed by atoms with Gasteiger partial charge in [0.05, 0.1) is 14.2 Å². The molecule has 0 saturated heterocycles. The molecule has 0 radical (unpaired) electrons. The second-order valence-electron chi connectivity index (χ2n) is 4.67. The minimum Gasteiger partial charge on any atom is -0.493 e. The fraction of sp³-hybridized carbons (Fsp3) is 0.176. The Morgan fingerprint density at radius 1 is 1.04 bits per heavy atom. The standard InChI is InChI=1S/C17H16BrNO5/c1-22-14-5-3-4-13(16(14)23-2)17(21)24-10-15(20)19-12-8-6-11(18)7-9-12/h3-9H,10H2,1-2H3,(H,19,20). The number of carbonyl (C=O) groups excluding carboxylic acids is 2. The molecule has 0 fully saturated rings. The number of benzene rings is 2. The van der Waals surface area contributed by atoms with Crippen LogP contribution < -0.4 is 14.8 Å². The number of hydrogen-bond donors (Lipinski definition) is 1. The van der Waals surface area contributed by atoms with Crippen LogP contribution in [0.5, 0.6) is 11.5 Å². The third kappa shape index (κ3) is 4.48. The molecule has 2 aromatic rings. The van der Waals surface area contributed by atoms with Crippen LogP contribution in [-0.2, 0) is 9.53 Å². The fourth-order valence-electron chi connectivity index (χ4n) is 1.99. The molecule has 0 heterocycles. The lowest BCUT2D eigenvalue weighted by Gasteiger charge is -2.12. The molecular formula is C17H16BrNO5. The molecule has 2 rings (SSSR count). The van der Waals surface area contributed by atoms with Crippen molar-refractivity contribution in [1.29, 1.82) is 0 Å². The maximum Gasteiger partial charge on any atom is 0.342 e. The van der Waals surface area contributed by atoms with E-state index in [4.69, 9.17) is 14.2 Å². The monoisotopic (exact) mass is 393 g/mol. The summed E-state index contributed by atoms with van der Waals surface area (Å²) in [5.41, 5.74) is 0.798. The minimum absolute atomic E-state index is 0.188. The Hall–Kier alpha value is -2.54. The van der Waals surface area contributed by atoms with Gasteiger partial charge in [-0.2, -0.15) is 0 Å². The van der Waals surface area contributed by atoms with E-state index < -0.39 is 18.5 Å². The van der Waals surface area contributed by atoms with E-state index in [0.717, 1.165) is 4.47 Å². The van der Waals surface area contributed by atoms with E-state index in [-0.39, 0.29) is 11.3 Å². The second kappa shape index (κ2) is 8.35. The van der Waals surface area contributed by atoms with Gasteiger partial charge in [0.15, 0.2) is 18.1 Å². The van der Waals surface area contributed by atoms with Gasteiger partial charge in [-0.05, 0) is 36.4 Å². The Balaban J connectivity index is 1.98. The van der Waals surface area contributed by atoms with Gasteiger partial charge in [-0.3, -0.25) is 4.79 Å². The molecule has 1 amide bonds. The second-order valence-corrected chi connectivity index (χ2v) is 5.59. The first-order chi connectivity index (χ1) is 11.5. The van der Waals surface area contributed by atoms with Crippen LogP contribution in [0.15, 0.2) is 46.9 Å². The largest absolute Gasteiger partial charge is 0.493 e. The van der Waals surface area contributed by atoms with Crippen LogP contribution in [0.4, 0.5) is 5.69 Å². The third-order valence-electron chi connectivity index (χ3n) is 3.09. The van der Waals surface area contributed by atoms with Crippen molar-refractivity contribution >= 4 is 33.5 Å². The molecule has 0 bridgehead atoms. The number of carbonyl (C=O) groups is 2. The van der Waals surface area contributed by atoms with E-state index in [1.165, 1.54) is 20.3 Å². The van der Waals surface area contributed by atoms with E-state index >= 15 is 0 Å². The fourth-order valence-corrected chi connectivity index (χ4v) is 2.25. The number of ether oxygens (including phenoxy) is 3. The highest BCUT2D eigenvalue weighted by Gasteiger charge is 2.18. The zero-order valence-electron chi connectivity index (χ0n) is 13.2. The first-order valence-corrected chi connectivity index (χ1v) is 7.78. The summed E-state index contributed by atoms with van der Waals surface area (Å²) in [7, 11) is 2.90. The third-order valence-corrected chi connectivity index (χ3v) is 3.61. The van der Waals surface area contributed by atoms with Crippen molar-refractivity contribution in [3.05, 3.63) is 52.5 Å². The van der Waals surface area contributed by atoms with Gasteiger partial charge >= 0.3 is 5.97 Å². The highest BCUT2D eigenvalue weighted by molar-refractivity contribution is 9.10. The number of amides is 1. The summed E-state index contributed by atoms with van der Waals surface area (Å²) in [5.74, 6) is -0.436. The van der Waals surface area contributed by atoms with Gasteiger partial charge < -0.3 is 19.5 Å². The number of nitrogens with one attached hydrogen (secondary N) is 1. The summed E-state index contributed by atoms with van der Waals surface area (Å²) in [4.78, 5) is 24.0. The summed E-state index contributed by atoms with van der Waals surface area (Å²) in [6, 6.07) is 11.9. The molecule has 2 aromatic carbocycles. The van der Waals surface area contributed by atoms with Crippen molar-refractivity contribution in [1.82, 2.24) is 0 Å². The lowest BCUT2D eigenvalue weighted by molar-refractivity contribution is -0.119. The lowest BCUT2D eigenvalue weighted by atomic mass is 10.2. The average Bonchev–Trinajstić information content (AvgIpc) is 2.60. The molecule has 126 valence electrons. The Morgan fingerprint density at radius 3 is 2.38 bits per heavy atom. The first-order valence-electron chi connectivity index (χ1n) is 6.98. The van der Waals surface area contributed by atoms with Crippen LogP contribution in [0, 0.1) is 0 Å². The molecule has 7 heteroatoms. The Morgan fingerprint density at radius 2 is 1.75 bits per heavy atom. The highest BCUT2D eigenvalue weighted by Crippen LogP contribution is 2.31. The van der Waals surface area contributed by atoms with Gasteiger partial charge in [-0.1, -0.05) is 22.0 Å². The number of para-hydroxylation sites is 1. The molecule has 0 aromatic heterocycles. The quantitative estimate of drug-likeness (QED) is 0.762. The number of esters is 1. The SMILES string of the molecule is COc1cccc(C(=O)OCC(=O)Nc2ccc(Br)cc2)c1OC. The van der Waals surface area contributed by atoms with Crippen LogP contribution in [-0.4, -0.2) is 32.7 Å². The highest BCUT2D eigenvalue weighted by atomic mass is 79.9. The molecule has 0 spiro atoms. The van der Waals surface area contributed by atoms with Crippen LogP contribution in [0.1, 0.15) is 10.4 Å². The smallest absolute Gasteiger partial charge is 0.342 e. The Labute approximate surface area is 147 Å². The topological polar surface area (TPSA) is 73.9 Å². The molecule has 0 aliphatic rings. The summed E-state index contributed by atoms with van der Waals surface area (Å²) >= 11 is 3.31. The van der Waals surface area contributed by atoms with Gasteiger partial charge in [-0.25, -0.2) is 4.79 Å². The van der Waals surface area contributed by atoms with E-state index in [1.54, 1.807) is 36.4 Å². The molecule has 24 heavy (non-hydrogen) atoms. The van der Waals surface area contributed by atoms with E-state index in [9.17, 15) is 9.59 Å². The predicted molar refractivity (Wildman–Crippen MR) is 92.6 cm³/mol. The van der Waals surface area contributed by atoms with Crippen LogP contribution in [0.3, 0.4) is 0 Å². The Bertz CT molecular complexity index is 730. The van der Waals surface area contributed by atoms with Gasteiger partial charge in [0.2, 0.25) is 0 Å². The minimum atomic E-state index is -0.670. The molecular weight excluding hydrogens is 378 g/mol. The summed E-state index contributed by atoms with van der Waals surface area (Å²) < 4.78 is 16.2. The maximum absolute atomic E-state index is 12.2. The molecule has 0 aliphatic carbocycles. The van der Waals surface area contributed by atoms with Gasteiger partial charge in [-0.15, -0.1) is 0 Å². The molecule has 1 N–H and O–H groups in total. The van der Waals surface area contributed by atoms with Gasteiger partial charge in [0.25, 0.3) is 5.91 Å². The maximum atomic E-state index is 12.2. The van der Waals surface area contributed by atoms with Crippen molar-refractivity contribution in [2.75, 3.05) is 26.1 Å². The predicted octanol–water partition coefficient (Wildman–Crippen LogP) is 3.26. The van der Waals surface area contributed by atoms with Crippen molar-refractivity contribution in [2.24, 2.45) is 0 Å². The van der Waals surface area contributed by atoms with E-state index in [0.29, 0.717) is 11.4 Å². The zero-order valence-corrected chi connectivity index (χ0v) is 14.8. The molecule has 0 saturated carbocycles. The van der Waals surface area contributed by atoms with Crippen molar-refractivity contribution < 1.29 is 23.8 Å². The van der Waals surface area contributed by atoms with Crippen LogP contribution >= 0.6 is 15.9 Å². The molecule has 0 aliphatic heterocycles. The molecule has 0 atom stereocenters. The lowest BCUT2D eigenvalue weighted by Crippen LogP contribution is -2.21. The van der Waals surface area contributed by atoms with Crippen molar-refractivity contribution in [3.63, 3.8) is 0 Å². The van der Waals surface area contributed by atoms with E-state index in [2.05, 4.69) is 21.2 Å². The number of rotatable bonds is 6. The van der Waals surface area contributed by atoms with Gasteiger partial charge in [0.1, 0.15) is 5.56 Å². The summed E-state index contributed by atoms with van der Waals surface area (Å²) in [6.07, 6.45) is 0. The normalized spacial score (nSPS) is 9.96. The number of hydrogen-bond acceptors (Lipinski definition) is 5. The summed E-state index contributed by atoms with van der Waals surface area (Å²) in [6.45, 7) is -0.407. The Kier molecular flexibility index (Phi) is 6.20. The summed E-state index contributed by atoms with van der Waals surface area (Å²) in [5, 5.41) is 2.63. The number of halogens is 1. The van der Waals surface area contributed by atoms with Crippen molar-refractivity contribution in [2.45, 2.75) is 0 Å². The van der Waals surface area contributed by atoms with Gasteiger partial charge in [0, 0.05) is 10.2 Å². The molecule has 0 unspecified atom stereocenters. The average molecular weight is 394 g/mol. The van der Waals surface area contributed by atoms with E-state index in [1.807, 2.05) is 0 Å². The van der Waals surface area contributed by atoms with Crippen LogP contribution in [0.2, 0.25) is 0 Å². The first kappa shape index (κ1) is 17.8. The zero-order chi connectivity index (χ0) is 17.5. The number of anilines is 1. The van der Waals surface area contributed by atoms with Crippen LogP contribution in [0.25, 0.3) is 0 Å².